The van der Waals surface area contributed by atoms with Crippen LogP contribution >= 0.6 is 27.5 Å². The van der Waals surface area contributed by atoms with Crippen molar-refractivity contribution >= 4 is 56.3 Å². The lowest BCUT2D eigenvalue weighted by molar-refractivity contribution is -0.384. The standard InChI is InChI=1S/C17H11BrClN3O5/c1-26-14-7-11(18)4-9-6-15(27-16(9)14)17(23)21-20-8-10-5-12(22(24)25)2-3-13(10)19/h2-8H,1H3,(H,21,23)/b20-8-. The molecule has 0 saturated heterocycles. The van der Waals surface area contributed by atoms with Crippen molar-refractivity contribution in [3.05, 3.63) is 67.3 Å². The van der Waals surface area contributed by atoms with Crippen LogP contribution in [0.3, 0.4) is 0 Å². The maximum atomic E-state index is 12.2. The van der Waals surface area contributed by atoms with Crippen molar-refractivity contribution in [1.29, 1.82) is 0 Å². The molecule has 0 aliphatic heterocycles. The summed E-state index contributed by atoms with van der Waals surface area (Å²) in [6.07, 6.45) is 1.22. The molecule has 0 aliphatic carbocycles. The van der Waals surface area contributed by atoms with E-state index in [1.54, 1.807) is 18.2 Å². The van der Waals surface area contributed by atoms with E-state index < -0.39 is 10.8 Å². The number of fused-ring (bicyclic) bond motifs is 1. The molecule has 27 heavy (non-hydrogen) atoms. The number of ether oxygens (including phenoxy) is 1. The summed E-state index contributed by atoms with van der Waals surface area (Å²) in [7, 11) is 1.50. The first-order valence-electron chi connectivity index (χ1n) is 7.43. The van der Waals surface area contributed by atoms with Gasteiger partial charge in [0, 0.05) is 32.6 Å². The van der Waals surface area contributed by atoms with E-state index in [4.69, 9.17) is 20.8 Å². The number of carbonyl (C=O) groups excluding carboxylic acids is 1. The zero-order chi connectivity index (χ0) is 19.6. The third-order valence-electron chi connectivity index (χ3n) is 3.55. The number of nitro groups is 1. The molecule has 1 heterocycles. The maximum Gasteiger partial charge on any atom is 0.307 e. The third kappa shape index (κ3) is 4.09. The van der Waals surface area contributed by atoms with Crippen LogP contribution in [0.1, 0.15) is 16.1 Å². The van der Waals surface area contributed by atoms with E-state index in [-0.39, 0.29) is 16.5 Å². The van der Waals surface area contributed by atoms with Crippen molar-refractivity contribution in [3.8, 4) is 5.75 Å². The number of amides is 1. The summed E-state index contributed by atoms with van der Waals surface area (Å²) in [6, 6.07) is 8.96. The quantitative estimate of drug-likeness (QED) is 0.348. The number of benzene rings is 2. The fraction of sp³-hybridized carbons (Fsp3) is 0.0588. The first-order valence-corrected chi connectivity index (χ1v) is 8.60. The van der Waals surface area contributed by atoms with Crippen molar-refractivity contribution in [2.24, 2.45) is 5.10 Å². The molecule has 1 N–H and O–H groups in total. The van der Waals surface area contributed by atoms with Gasteiger partial charge in [0.05, 0.1) is 18.2 Å². The highest BCUT2D eigenvalue weighted by Crippen LogP contribution is 2.32. The van der Waals surface area contributed by atoms with Crippen molar-refractivity contribution in [1.82, 2.24) is 5.43 Å². The van der Waals surface area contributed by atoms with Crippen LogP contribution < -0.4 is 10.2 Å². The number of halogens is 2. The van der Waals surface area contributed by atoms with Gasteiger partial charge >= 0.3 is 5.91 Å². The number of hydrazone groups is 1. The SMILES string of the molecule is COc1cc(Br)cc2cc(C(=O)N/N=C\c3cc([N+](=O)[O-])ccc3Cl)oc12. The van der Waals surface area contributed by atoms with E-state index in [1.807, 2.05) is 0 Å². The number of methoxy groups -OCH3 is 1. The highest BCUT2D eigenvalue weighted by atomic mass is 79.9. The summed E-state index contributed by atoms with van der Waals surface area (Å²) in [6.45, 7) is 0. The van der Waals surface area contributed by atoms with Gasteiger partial charge < -0.3 is 9.15 Å². The molecule has 0 unspecified atom stereocenters. The van der Waals surface area contributed by atoms with Crippen LogP contribution in [0.25, 0.3) is 11.0 Å². The Kier molecular flexibility index (Phi) is 5.43. The van der Waals surface area contributed by atoms with Gasteiger partial charge in [0.25, 0.3) is 5.69 Å². The molecular weight excluding hydrogens is 442 g/mol. The first-order chi connectivity index (χ1) is 12.9. The topological polar surface area (TPSA) is 107 Å². The zero-order valence-electron chi connectivity index (χ0n) is 13.7. The molecule has 0 saturated carbocycles. The fourth-order valence-corrected chi connectivity index (χ4v) is 2.93. The Morgan fingerprint density at radius 3 is 2.85 bits per heavy atom. The molecule has 0 spiro atoms. The van der Waals surface area contributed by atoms with Crippen LogP contribution in [0.4, 0.5) is 5.69 Å². The molecule has 0 aliphatic rings. The summed E-state index contributed by atoms with van der Waals surface area (Å²) in [5.41, 5.74) is 2.88. The average Bonchev–Trinajstić information content (AvgIpc) is 3.06. The Balaban J connectivity index is 1.80. The lowest BCUT2D eigenvalue weighted by Gasteiger charge is -2.00. The Morgan fingerprint density at radius 1 is 1.37 bits per heavy atom. The number of nitro benzene ring substituents is 1. The zero-order valence-corrected chi connectivity index (χ0v) is 16.1. The Hall–Kier alpha value is -2.91. The second-order valence-electron chi connectivity index (χ2n) is 5.30. The van der Waals surface area contributed by atoms with Crippen LogP contribution in [0.2, 0.25) is 5.02 Å². The van der Waals surface area contributed by atoms with Crippen LogP contribution in [0.15, 0.2) is 50.4 Å². The van der Waals surface area contributed by atoms with E-state index in [0.717, 1.165) is 4.47 Å². The van der Waals surface area contributed by atoms with E-state index >= 15 is 0 Å². The van der Waals surface area contributed by atoms with Crippen molar-refractivity contribution in [2.75, 3.05) is 7.11 Å². The second-order valence-corrected chi connectivity index (χ2v) is 6.62. The molecule has 0 radical (unpaired) electrons. The fourth-order valence-electron chi connectivity index (χ4n) is 2.31. The second kappa shape index (κ2) is 7.77. The van der Waals surface area contributed by atoms with Crippen LogP contribution in [-0.4, -0.2) is 24.2 Å². The van der Waals surface area contributed by atoms with Crippen molar-refractivity contribution in [2.45, 2.75) is 0 Å². The molecule has 10 heteroatoms. The molecule has 138 valence electrons. The van der Waals surface area contributed by atoms with Gasteiger partial charge in [0.2, 0.25) is 0 Å². The molecule has 1 amide bonds. The van der Waals surface area contributed by atoms with Gasteiger partial charge in [0.1, 0.15) is 0 Å². The van der Waals surface area contributed by atoms with Crippen LogP contribution in [0.5, 0.6) is 5.75 Å². The van der Waals surface area contributed by atoms with Gasteiger partial charge in [-0.25, -0.2) is 5.43 Å². The molecule has 0 bridgehead atoms. The molecular formula is C17H11BrClN3O5. The number of nitrogens with one attached hydrogen (secondary N) is 1. The highest BCUT2D eigenvalue weighted by molar-refractivity contribution is 9.10. The Labute approximate surface area is 166 Å². The first kappa shape index (κ1) is 18.9. The molecule has 3 aromatic rings. The van der Waals surface area contributed by atoms with Crippen molar-refractivity contribution < 1.29 is 18.9 Å². The molecule has 2 aromatic carbocycles. The number of nitrogens with zero attached hydrogens (tertiary/aromatic N) is 2. The normalized spacial score (nSPS) is 11.1. The monoisotopic (exact) mass is 451 g/mol. The molecule has 1 aromatic heterocycles. The number of hydrogen-bond donors (Lipinski definition) is 1. The van der Waals surface area contributed by atoms with Gasteiger partial charge in [-0.2, -0.15) is 5.10 Å². The van der Waals surface area contributed by atoms with Gasteiger partial charge in [-0.05, 0) is 24.3 Å². The molecule has 0 atom stereocenters. The Bertz CT molecular complexity index is 1080. The summed E-state index contributed by atoms with van der Waals surface area (Å²) >= 11 is 9.33. The Morgan fingerprint density at radius 2 is 2.15 bits per heavy atom. The third-order valence-corrected chi connectivity index (χ3v) is 4.35. The van der Waals surface area contributed by atoms with Crippen LogP contribution in [0, 0.1) is 10.1 Å². The van der Waals surface area contributed by atoms with Crippen molar-refractivity contribution in [3.63, 3.8) is 0 Å². The summed E-state index contributed by atoms with van der Waals surface area (Å²) in [5, 5.41) is 15.5. The number of carbonyl (C=O) groups is 1. The molecule has 0 fully saturated rings. The van der Waals surface area contributed by atoms with Gasteiger partial charge in [-0.15, -0.1) is 0 Å². The predicted octanol–water partition coefficient (Wildman–Crippen LogP) is 4.53. The maximum absolute atomic E-state index is 12.2. The summed E-state index contributed by atoms with van der Waals surface area (Å²) in [5.74, 6) is -0.0869. The number of rotatable bonds is 5. The van der Waals surface area contributed by atoms with Gasteiger partial charge in [-0.3, -0.25) is 14.9 Å². The van der Waals surface area contributed by atoms with Crippen LogP contribution in [-0.2, 0) is 0 Å². The average molecular weight is 453 g/mol. The van der Waals surface area contributed by atoms with E-state index in [9.17, 15) is 14.9 Å². The lowest BCUT2D eigenvalue weighted by Crippen LogP contribution is -2.16. The van der Waals surface area contributed by atoms with Gasteiger partial charge in [0.15, 0.2) is 17.1 Å². The molecule has 8 nitrogen and oxygen atoms in total. The van der Waals surface area contributed by atoms with E-state index in [0.29, 0.717) is 22.3 Å². The lowest BCUT2D eigenvalue weighted by atomic mass is 10.2. The summed E-state index contributed by atoms with van der Waals surface area (Å²) < 4.78 is 11.5. The largest absolute Gasteiger partial charge is 0.493 e. The number of non-ortho nitro benzene ring substituents is 1. The summed E-state index contributed by atoms with van der Waals surface area (Å²) in [4.78, 5) is 22.5. The number of hydrogen-bond acceptors (Lipinski definition) is 6. The minimum absolute atomic E-state index is 0.0312. The minimum atomic E-state index is -0.595. The highest BCUT2D eigenvalue weighted by Gasteiger charge is 2.15. The number of furan rings is 1. The van der Waals surface area contributed by atoms with Gasteiger partial charge in [-0.1, -0.05) is 27.5 Å². The molecule has 3 rings (SSSR count). The van der Waals surface area contributed by atoms with E-state index in [1.165, 1.54) is 31.5 Å². The minimum Gasteiger partial charge on any atom is -0.493 e. The smallest absolute Gasteiger partial charge is 0.307 e. The van der Waals surface area contributed by atoms with E-state index in [2.05, 4.69) is 26.5 Å². The predicted molar refractivity (Wildman–Crippen MR) is 104 cm³/mol.